The summed E-state index contributed by atoms with van der Waals surface area (Å²) in [7, 11) is 0. The Hall–Kier alpha value is -0.900. The number of nitrogens with zero attached hydrogens (tertiary/aromatic N) is 2. The first kappa shape index (κ1) is 10.1. The third-order valence-electron chi connectivity index (χ3n) is 4.40. The Morgan fingerprint density at radius 1 is 1.29 bits per heavy atom. The van der Waals surface area contributed by atoms with Gasteiger partial charge in [-0.2, -0.15) is 0 Å². The first-order valence-electron chi connectivity index (χ1n) is 6.57. The van der Waals surface area contributed by atoms with Gasteiger partial charge in [-0.25, -0.2) is 4.98 Å². The molecular formula is C13H16N2OS. The van der Waals surface area contributed by atoms with E-state index in [1.165, 1.54) is 38.6 Å². The third-order valence-corrected chi connectivity index (χ3v) is 5.43. The molecule has 0 spiro atoms. The van der Waals surface area contributed by atoms with E-state index in [1.807, 2.05) is 0 Å². The van der Waals surface area contributed by atoms with E-state index >= 15 is 0 Å². The van der Waals surface area contributed by atoms with E-state index in [0.29, 0.717) is 12.0 Å². The average Bonchev–Trinajstić information content (AvgIpc) is 2.81. The Balaban J connectivity index is 1.67. The lowest BCUT2D eigenvalue weighted by Crippen LogP contribution is -2.31. The number of piperidine rings is 1. The van der Waals surface area contributed by atoms with Crippen LogP contribution in [0.15, 0.2) is 0 Å². The zero-order valence-electron chi connectivity index (χ0n) is 9.76. The first-order valence-corrected chi connectivity index (χ1v) is 7.39. The molecule has 3 aliphatic rings. The van der Waals surface area contributed by atoms with Gasteiger partial charge in [0.25, 0.3) is 0 Å². The van der Waals surface area contributed by atoms with Crippen molar-refractivity contribution < 1.29 is 4.79 Å². The molecule has 90 valence electrons. The maximum atomic E-state index is 11.1. The molecule has 2 aliphatic carbocycles. The molecule has 4 heteroatoms. The Labute approximate surface area is 105 Å². The molecule has 17 heavy (non-hydrogen) atoms. The zero-order chi connectivity index (χ0) is 11.4. The lowest BCUT2D eigenvalue weighted by atomic mass is 10.1. The summed E-state index contributed by atoms with van der Waals surface area (Å²) in [5.74, 6) is 1.47. The topological polar surface area (TPSA) is 33.2 Å². The number of anilines is 1. The molecule has 3 nitrogen and oxygen atoms in total. The van der Waals surface area contributed by atoms with Crippen molar-refractivity contribution in [3.05, 3.63) is 10.6 Å². The third kappa shape index (κ3) is 1.53. The number of carbonyl (C=O) groups excluding carboxylic acids is 1. The summed E-state index contributed by atoms with van der Waals surface area (Å²) in [6.45, 7) is 1.17. The van der Waals surface area contributed by atoms with E-state index in [9.17, 15) is 4.79 Å². The smallest absolute Gasteiger partial charge is 0.186 e. The predicted octanol–water partition coefficient (Wildman–Crippen LogP) is 2.82. The summed E-state index contributed by atoms with van der Waals surface area (Å²) in [5, 5.41) is 1.11. The van der Waals surface area contributed by atoms with Crippen molar-refractivity contribution in [2.75, 3.05) is 11.4 Å². The normalized spacial score (nSPS) is 31.2. The Bertz CT molecular complexity index is 466. The highest BCUT2D eigenvalue weighted by molar-refractivity contribution is 7.17. The highest BCUT2D eigenvalue weighted by Gasteiger charge is 2.40. The van der Waals surface area contributed by atoms with Crippen molar-refractivity contribution in [3.8, 4) is 0 Å². The minimum Gasteiger partial charge on any atom is -0.345 e. The summed E-state index contributed by atoms with van der Waals surface area (Å²) in [4.78, 5) is 19.2. The Kier molecular flexibility index (Phi) is 2.10. The molecule has 2 unspecified atom stereocenters. The van der Waals surface area contributed by atoms with E-state index in [0.717, 1.165) is 27.9 Å². The van der Waals surface area contributed by atoms with Gasteiger partial charge in [0.05, 0.1) is 10.6 Å². The van der Waals surface area contributed by atoms with Crippen LogP contribution < -0.4 is 4.90 Å². The molecule has 2 heterocycles. The second kappa shape index (κ2) is 3.55. The molecule has 1 aromatic heterocycles. The summed E-state index contributed by atoms with van der Waals surface area (Å²) < 4.78 is 0. The van der Waals surface area contributed by atoms with Crippen LogP contribution in [0.1, 0.15) is 53.4 Å². The van der Waals surface area contributed by atoms with Crippen LogP contribution >= 0.6 is 11.3 Å². The van der Waals surface area contributed by atoms with Crippen LogP contribution in [0, 0.1) is 5.92 Å². The van der Waals surface area contributed by atoms with Crippen molar-refractivity contribution >= 4 is 22.8 Å². The van der Waals surface area contributed by atoms with E-state index < -0.39 is 0 Å². The molecule has 0 amide bonds. The van der Waals surface area contributed by atoms with Gasteiger partial charge in [0.15, 0.2) is 11.4 Å². The van der Waals surface area contributed by atoms with Gasteiger partial charge in [0.2, 0.25) is 0 Å². The van der Waals surface area contributed by atoms with Crippen LogP contribution in [0.5, 0.6) is 0 Å². The number of aldehydes is 1. The van der Waals surface area contributed by atoms with Crippen LogP contribution in [0.25, 0.3) is 0 Å². The molecule has 2 atom stereocenters. The van der Waals surface area contributed by atoms with Crippen LogP contribution in [-0.2, 0) is 0 Å². The molecule has 2 bridgehead atoms. The standard InChI is InChI=1S/C13H16N2OS/c16-7-11-12(9-2-3-9)14-13(17-11)15-6-8-1-4-10(15)5-8/h7-10H,1-6H2. The van der Waals surface area contributed by atoms with Gasteiger partial charge in [0, 0.05) is 18.5 Å². The lowest BCUT2D eigenvalue weighted by molar-refractivity contribution is 0.112. The van der Waals surface area contributed by atoms with Crippen LogP contribution in [-0.4, -0.2) is 23.9 Å². The molecule has 3 fully saturated rings. The second-order valence-electron chi connectivity index (χ2n) is 5.62. The van der Waals surface area contributed by atoms with Crippen LogP contribution in [0.4, 0.5) is 5.13 Å². The minimum atomic E-state index is 0.583. The van der Waals surface area contributed by atoms with E-state index in [1.54, 1.807) is 11.3 Å². The summed E-state index contributed by atoms with van der Waals surface area (Å²) in [6.07, 6.45) is 7.49. The Morgan fingerprint density at radius 3 is 2.76 bits per heavy atom. The van der Waals surface area contributed by atoms with Gasteiger partial charge in [-0.05, 0) is 38.0 Å². The van der Waals surface area contributed by atoms with Crippen molar-refractivity contribution in [1.82, 2.24) is 4.98 Å². The van der Waals surface area contributed by atoms with Crippen molar-refractivity contribution in [1.29, 1.82) is 0 Å². The molecule has 1 aliphatic heterocycles. The highest BCUT2D eigenvalue weighted by Crippen LogP contribution is 2.46. The fourth-order valence-electron chi connectivity index (χ4n) is 3.35. The van der Waals surface area contributed by atoms with Gasteiger partial charge in [-0.3, -0.25) is 4.79 Å². The van der Waals surface area contributed by atoms with E-state index in [4.69, 9.17) is 4.98 Å². The first-order chi connectivity index (χ1) is 8.35. The maximum Gasteiger partial charge on any atom is 0.186 e. The average molecular weight is 248 g/mol. The van der Waals surface area contributed by atoms with Gasteiger partial charge in [-0.1, -0.05) is 11.3 Å². The number of aromatic nitrogens is 1. The second-order valence-corrected chi connectivity index (χ2v) is 6.63. The lowest BCUT2D eigenvalue weighted by Gasteiger charge is -2.26. The molecule has 2 saturated carbocycles. The molecular weight excluding hydrogens is 232 g/mol. The fourth-order valence-corrected chi connectivity index (χ4v) is 4.39. The number of rotatable bonds is 3. The summed E-state index contributed by atoms with van der Waals surface area (Å²) >= 11 is 1.61. The molecule has 1 aromatic rings. The SMILES string of the molecule is O=Cc1sc(N2CC3CCC2C3)nc1C1CC1. The summed E-state index contributed by atoms with van der Waals surface area (Å²) in [6, 6.07) is 0.706. The van der Waals surface area contributed by atoms with Gasteiger partial charge >= 0.3 is 0 Å². The van der Waals surface area contributed by atoms with E-state index in [2.05, 4.69) is 4.90 Å². The fraction of sp³-hybridized carbons (Fsp3) is 0.692. The monoisotopic (exact) mass is 248 g/mol. The van der Waals surface area contributed by atoms with Gasteiger partial charge < -0.3 is 4.90 Å². The zero-order valence-corrected chi connectivity index (χ0v) is 10.6. The minimum absolute atomic E-state index is 0.583. The van der Waals surface area contributed by atoms with Crippen molar-refractivity contribution in [2.45, 2.75) is 44.1 Å². The number of hydrogen-bond donors (Lipinski definition) is 0. The molecule has 0 aromatic carbocycles. The number of thiazole rings is 1. The number of carbonyl (C=O) groups is 1. The largest absolute Gasteiger partial charge is 0.345 e. The number of hydrogen-bond acceptors (Lipinski definition) is 4. The maximum absolute atomic E-state index is 11.1. The van der Waals surface area contributed by atoms with Gasteiger partial charge in [0.1, 0.15) is 0 Å². The van der Waals surface area contributed by atoms with E-state index in [-0.39, 0.29) is 0 Å². The van der Waals surface area contributed by atoms with Crippen molar-refractivity contribution in [3.63, 3.8) is 0 Å². The van der Waals surface area contributed by atoms with Crippen LogP contribution in [0.3, 0.4) is 0 Å². The molecule has 1 saturated heterocycles. The quantitative estimate of drug-likeness (QED) is 0.771. The highest BCUT2D eigenvalue weighted by atomic mass is 32.1. The summed E-state index contributed by atoms with van der Waals surface area (Å²) in [5.41, 5.74) is 1.09. The molecule has 0 radical (unpaired) electrons. The predicted molar refractivity (Wildman–Crippen MR) is 68.0 cm³/mol. The Morgan fingerprint density at radius 2 is 2.18 bits per heavy atom. The number of fused-ring (bicyclic) bond motifs is 2. The van der Waals surface area contributed by atoms with Gasteiger partial charge in [-0.15, -0.1) is 0 Å². The van der Waals surface area contributed by atoms with Crippen molar-refractivity contribution in [2.24, 2.45) is 5.92 Å². The van der Waals surface area contributed by atoms with Crippen LogP contribution in [0.2, 0.25) is 0 Å². The molecule has 0 N–H and O–H groups in total. The molecule has 4 rings (SSSR count).